The molecule has 0 unspecified atom stereocenters. The average molecular weight is 460 g/mol. The summed E-state index contributed by atoms with van der Waals surface area (Å²) in [4.78, 5) is 11.9. The zero-order valence-electron chi connectivity index (χ0n) is 18.0. The molecule has 9 heteroatoms. The topological polar surface area (TPSA) is 97.2 Å². The number of nitrogens with one attached hydrogen (secondary N) is 1. The molecule has 0 spiro atoms. The van der Waals surface area contributed by atoms with Gasteiger partial charge in [-0.05, 0) is 49.1 Å². The molecule has 0 bridgehead atoms. The van der Waals surface area contributed by atoms with E-state index in [-0.39, 0.29) is 22.0 Å². The molecule has 0 atom stereocenters. The molecule has 0 aliphatic carbocycles. The van der Waals surface area contributed by atoms with Crippen molar-refractivity contribution in [1.82, 2.24) is 5.32 Å². The molecule has 2 aromatic carbocycles. The van der Waals surface area contributed by atoms with Gasteiger partial charge in [0.25, 0.3) is 0 Å². The molecule has 1 aliphatic rings. The Hall–Kier alpha value is -2.65. The number of nitrogens with zero attached hydrogens (tertiary/aromatic N) is 2. The molecule has 7 nitrogen and oxygen atoms in total. The standard InChI is InChI=1S/C22H25N3O4S2/c1-21(2,3)16-10-12-17(13-11-16)31(27,28)29-18-9-7-6-8-15(18)14-23-25-20-24-19(26)22(4,5)30-20/h6-14H,1-5H3,(H,24,25,26)/b23-14+. The molecule has 0 saturated carbocycles. The third-order valence-electron chi connectivity index (χ3n) is 4.59. The second-order valence-electron chi connectivity index (χ2n) is 8.57. The minimum absolute atomic E-state index is 0.0692. The van der Waals surface area contributed by atoms with Gasteiger partial charge in [-0.3, -0.25) is 4.79 Å². The Balaban J connectivity index is 1.80. The van der Waals surface area contributed by atoms with Crippen LogP contribution in [0.15, 0.2) is 63.6 Å². The van der Waals surface area contributed by atoms with Gasteiger partial charge >= 0.3 is 10.1 Å². The molecular weight excluding hydrogens is 434 g/mol. The Morgan fingerprint density at radius 2 is 1.71 bits per heavy atom. The highest BCUT2D eigenvalue weighted by Crippen LogP contribution is 2.30. The molecule has 0 aromatic heterocycles. The number of para-hydroxylation sites is 1. The smallest absolute Gasteiger partial charge is 0.339 e. The van der Waals surface area contributed by atoms with Crippen molar-refractivity contribution in [3.05, 3.63) is 59.7 Å². The van der Waals surface area contributed by atoms with Gasteiger partial charge in [0.1, 0.15) is 4.90 Å². The van der Waals surface area contributed by atoms with E-state index in [1.54, 1.807) is 62.4 Å². The van der Waals surface area contributed by atoms with Gasteiger partial charge in [-0.1, -0.05) is 56.8 Å². The van der Waals surface area contributed by atoms with E-state index < -0.39 is 14.9 Å². The number of hydrogen-bond acceptors (Lipinski definition) is 7. The number of carbonyl (C=O) groups is 1. The summed E-state index contributed by atoms with van der Waals surface area (Å²) in [6.07, 6.45) is 1.39. The molecule has 3 rings (SSSR count). The minimum Gasteiger partial charge on any atom is -0.378 e. The van der Waals surface area contributed by atoms with Crippen LogP contribution in [0.2, 0.25) is 0 Å². The van der Waals surface area contributed by atoms with E-state index in [1.165, 1.54) is 18.0 Å². The van der Waals surface area contributed by atoms with Crippen molar-refractivity contribution in [2.24, 2.45) is 10.2 Å². The van der Waals surface area contributed by atoms with Crippen molar-refractivity contribution in [2.45, 2.75) is 49.7 Å². The van der Waals surface area contributed by atoms with Gasteiger partial charge in [0.2, 0.25) is 5.91 Å². The molecule has 1 amide bonds. The van der Waals surface area contributed by atoms with Gasteiger partial charge in [0.15, 0.2) is 10.9 Å². The van der Waals surface area contributed by atoms with E-state index >= 15 is 0 Å². The van der Waals surface area contributed by atoms with Crippen LogP contribution in [0.5, 0.6) is 5.75 Å². The third-order valence-corrected chi connectivity index (χ3v) is 6.91. The van der Waals surface area contributed by atoms with Crippen LogP contribution >= 0.6 is 11.8 Å². The Morgan fingerprint density at radius 3 is 2.29 bits per heavy atom. The lowest BCUT2D eigenvalue weighted by Crippen LogP contribution is -2.30. The number of hydrogen-bond donors (Lipinski definition) is 1. The zero-order chi connectivity index (χ0) is 22.9. The fraction of sp³-hybridized carbons (Fsp3) is 0.318. The maximum absolute atomic E-state index is 12.8. The zero-order valence-corrected chi connectivity index (χ0v) is 19.7. The van der Waals surface area contributed by atoms with E-state index in [9.17, 15) is 13.2 Å². The second kappa shape index (κ2) is 8.47. The van der Waals surface area contributed by atoms with Crippen molar-refractivity contribution in [3.8, 4) is 5.75 Å². The predicted molar refractivity (Wildman–Crippen MR) is 124 cm³/mol. The summed E-state index contributed by atoms with van der Waals surface area (Å²) in [6, 6.07) is 13.3. The van der Waals surface area contributed by atoms with E-state index in [0.29, 0.717) is 10.7 Å². The van der Waals surface area contributed by atoms with Gasteiger partial charge in [0, 0.05) is 5.56 Å². The summed E-state index contributed by atoms with van der Waals surface area (Å²) in [7, 11) is -4.02. The second-order valence-corrected chi connectivity index (χ2v) is 11.7. The quantitative estimate of drug-likeness (QED) is 0.413. The predicted octanol–water partition coefficient (Wildman–Crippen LogP) is 4.08. The van der Waals surface area contributed by atoms with Crippen molar-refractivity contribution >= 4 is 39.2 Å². The Kier molecular flexibility index (Phi) is 6.29. The monoisotopic (exact) mass is 459 g/mol. The molecule has 1 heterocycles. The first-order chi connectivity index (χ1) is 14.4. The third kappa shape index (κ3) is 5.54. The number of carbonyl (C=O) groups excluding carboxylic acids is 1. The van der Waals surface area contributed by atoms with Crippen LogP contribution in [-0.4, -0.2) is 30.5 Å². The van der Waals surface area contributed by atoms with Gasteiger partial charge in [-0.25, -0.2) is 0 Å². The van der Waals surface area contributed by atoms with Crippen LogP contribution < -0.4 is 9.50 Å². The van der Waals surface area contributed by atoms with Gasteiger partial charge < -0.3 is 9.50 Å². The van der Waals surface area contributed by atoms with Crippen molar-refractivity contribution < 1.29 is 17.4 Å². The molecule has 1 saturated heterocycles. The van der Waals surface area contributed by atoms with E-state index in [4.69, 9.17) is 4.18 Å². The lowest BCUT2D eigenvalue weighted by Gasteiger charge is -2.19. The van der Waals surface area contributed by atoms with Crippen LogP contribution in [0.3, 0.4) is 0 Å². The molecule has 1 aliphatic heterocycles. The Labute approximate surface area is 187 Å². The SMILES string of the molecule is CC1(C)S/C(=N/N=C/c2ccccc2OS(=O)(=O)c2ccc(C(C)(C)C)cc2)NC1=O. The Morgan fingerprint density at radius 1 is 1.06 bits per heavy atom. The van der Waals surface area contributed by atoms with Gasteiger partial charge in [-0.2, -0.15) is 13.5 Å². The molecule has 164 valence electrons. The van der Waals surface area contributed by atoms with Crippen molar-refractivity contribution in [2.75, 3.05) is 0 Å². The average Bonchev–Trinajstić information content (AvgIpc) is 2.94. The van der Waals surface area contributed by atoms with Gasteiger partial charge in [0.05, 0.1) is 11.0 Å². The molecule has 2 aromatic rings. The summed E-state index contributed by atoms with van der Waals surface area (Å²) in [5.41, 5.74) is 1.38. The molecule has 31 heavy (non-hydrogen) atoms. The summed E-state index contributed by atoms with van der Waals surface area (Å²) in [5, 5.41) is 11.0. The van der Waals surface area contributed by atoms with Crippen LogP contribution in [0.4, 0.5) is 0 Å². The molecular formula is C22H25N3O4S2. The van der Waals surface area contributed by atoms with Crippen LogP contribution in [-0.2, 0) is 20.3 Å². The number of rotatable bonds is 5. The normalized spacial score (nSPS) is 17.8. The van der Waals surface area contributed by atoms with E-state index in [2.05, 4.69) is 36.3 Å². The lowest BCUT2D eigenvalue weighted by molar-refractivity contribution is -0.120. The first-order valence-corrected chi connectivity index (χ1v) is 11.9. The van der Waals surface area contributed by atoms with Crippen LogP contribution in [0.25, 0.3) is 0 Å². The van der Waals surface area contributed by atoms with Crippen LogP contribution in [0.1, 0.15) is 45.7 Å². The van der Waals surface area contributed by atoms with Crippen molar-refractivity contribution in [1.29, 1.82) is 0 Å². The summed E-state index contributed by atoms with van der Waals surface area (Å²) < 4.78 is 30.3. The highest BCUT2D eigenvalue weighted by molar-refractivity contribution is 8.16. The highest BCUT2D eigenvalue weighted by Gasteiger charge is 2.38. The molecule has 0 radical (unpaired) electrons. The number of amidine groups is 1. The number of amides is 1. The van der Waals surface area contributed by atoms with Crippen LogP contribution in [0, 0.1) is 0 Å². The fourth-order valence-corrected chi connectivity index (χ4v) is 4.51. The number of benzene rings is 2. The lowest BCUT2D eigenvalue weighted by atomic mass is 9.87. The molecule has 1 fully saturated rings. The number of thioether (sulfide) groups is 1. The first kappa shape index (κ1) is 23.0. The van der Waals surface area contributed by atoms with Crippen molar-refractivity contribution in [3.63, 3.8) is 0 Å². The summed E-state index contributed by atoms with van der Waals surface area (Å²) >= 11 is 1.27. The van der Waals surface area contributed by atoms with E-state index in [0.717, 1.165) is 5.56 Å². The summed E-state index contributed by atoms with van der Waals surface area (Å²) in [5.74, 6) is -0.00598. The maximum Gasteiger partial charge on any atom is 0.339 e. The largest absolute Gasteiger partial charge is 0.378 e. The molecule has 1 N–H and O–H groups in total. The first-order valence-electron chi connectivity index (χ1n) is 9.64. The Bertz CT molecular complexity index is 1150. The highest BCUT2D eigenvalue weighted by atomic mass is 32.2. The summed E-state index contributed by atoms with van der Waals surface area (Å²) in [6.45, 7) is 9.76. The van der Waals surface area contributed by atoms with Gasteiger partial charge in [-0.15, -0.1) is 5.10 Å². The van der Waals surface area contributed by atoms with E-state index in [1.807, 2.05) is 0 Å². The minimum atomic E-state index is -4.02. The maximum atomic E-state index is 12.8. The fourth-order valence-electron chi connectivity index (χ4n) is 2.70.